The fourth-order valence-electron chi connectivity index (χ4n) is 2.35. The molecule has 1 heterocycles. The van der Waals surface area contributed by atoms with Crippen LogP contribution in [0, 0.1) is 0 Å². The number of rotatable bonds is 7. The number of piperidine rings is 1. The molecule has 0 aliphatic carbocycles. The molecule has 0 amide bonds. The molecule has 1 aliphatic heterocycles. The molecule has 0 aromatic rings. The first-order valence-electron chi connectivity index (χ1n) is 7.75. The Hall–Kier alpha value is 0.0500. The van der Waals surface area contributed by atoms with E-state index in [1.54, 1.807) is 18.8 Å². The quantitative estimate of drug-likeness (QED) is 0.234. The molecule has 1 saturated heterocycles. The van der Waals surface area contributed by atoms with E-state index in [-0.39, 0.29) is 43.1 Å². The molecular formula is C13H26F3IN4O2S2. The third-order valence-corrected chi connectivity index (χ3v) is 6.05. The summed E-state index contributed by atoms with van der Waals surface area (Å²) in [5.41, 5.74) is -5.23. The van der Waals surface area contributed by atoms with Gasteiger partial charge in [-0.05, 0) is 37.7 Å². The first-order valence-corrected chi connectivity index (χ1v) is 10.6. The van der Waals surface area contributed by atoms with Crippen LogP contribution in [-0.4, -0.2) is 68.9 Å². The van der Waals surface area contributed by atoms with Gasteiger partial charge in [-0.25, -0.2) is 8.42 Å². The zero-order valence-corrected chi connectivity index (χ0v) is 18.3. The van der Waals surface area contributed by atoms with Crippen LogP contribution in [0.4, 0.5) is 13.2 Å². The zero-order chi connectivity index (χ0) is 18.2. The molecule has 0 unspecified atom stereocenters. The molecule has 0 spiro atoms. The molecule has 150 valence electrons. The summed E-state index contributed by atoms with van der Waals surface area (Å²) in [6.45, 7) is 0.468. The molecule has 12 heteroatoms. The molecule has 0 aromatic carbocycles. The molecule has 1 aliphatic rings. The number of unbranched alkanes of at least 4 members (excludes halogenated alkanes) is 1. The van der Waals surface area contributed by atoms with E-state index in [1.165, 1.54) is 0 Å². The first kappa shape index (κ1) is 25.1. The van der Waals surface area contributed by atoms with Crippen molar-refractivity contribution in [1.29, 1.82) is 0 Å². The minimum absolute atomic E-state index is 0. The highest BCUT2D eigenvalue weighted by molar-refractivity contribution is 14.0. The fourth-order valence-corrected chi connectivity index (χ4v) is 3.83. The number of hydrogen-bond donors (Lipinski definition) is 2. The standard InChI is InChI=1S/C13H25F3N4O2S2.HI/c1-17-12(18-7-3-4-10-23-2)19-11-5-8-20(9-6-11)24(21,22)13(14,15)16;/h11H,3-10H2,1-2H3,(H2,17,18,19);1H. The van der Waals surface area contributed by atoms with Crippen LogP contribution in [0.5, 0.6) is 0 Å². The lowest BCUT2D eigenvalue weighted by Gasteiger charge is -2.32. The molecule has 0 bridgehead atoms. The Morgan fingerprint density at radius 3 is 2.36 bits per heavy atom. The maximum Gasteiger partial charge on any atom is 0.511 e. The second kappa shape index (κ2) is 11.7. The molecule has 0 aromatic heterocycles. The van der Waals surface area contributed by atoms with Crippen LogP contribution in [0.2, 0.25) is 0 Å². The Balaban J connectivity index is 0.00000576. The predicted molar refractivity (Wildman–Crippen MR) is 107 cm³/mol. The van der Waals surface area contributed by atoms with Crippen molar-refractivity contribution >= 4 is 51.7 Å². The van der Waals surface area contributed by atoms with Crippen molar-refractivity contribution < 1.29 is 21.6 Å². The number of nitrogens with zero attached hydrogens (tertiary/aromatic N) is 2. The summed E-state index contributed by atoms with van der Waals surface area (Å²) in [7, 11) is -3.60. The molecule has 0 radical (unpaired) electrons. The topological polar surface area (TPSA) is 73.8 Å². The van der Waals surface area contributed by atoms with E-state index in [2.05, 4.69) is 21.9 Å². The van der Waals surface area contributed by atoms with Gasteiger partial charge in [0.15, 0.2) is 5.96 Å². The number of aliphatic imine (C=N–C) groups is 1. The summed E-state index contributed by atoms with van der Waals surface area (Å²) in [5.74, 6) is 1.69. The molecule has 2 N–H and O–H groups in total. The Morgan fingerprint density at radius 1 is 1.28 bits per heavy atom. The number of thioether (sulfide) groups is 1. The molecular weight excluding hydrogens is 492 g/mol. The summed E-state index contributed by atoms with van der Waals surface area (Å²) in [4.78, 5) is 4.08. The maximum atomic E-state index is 12.5. The smallest absolute Gasteiger partial charge is 0.356 e. The normalized spacial score (nSPS) is 17.9. The summed E-state index contributed by atoms with van der Waals surface area (Å²) in [6.07, 6.45) is 4.77. The fraction of sp³-hybridized carbons (Fsp3) is 0.923. The molecule has 0 saturated carbocycles. The Bertz CT molecular complexity index is 510. The molecule has 25 heavy (non-hydrogen) atoms. The first-order chi connectivity index (χ1) is 11.2. The molecule has 1 rings (SSSR count). The largest absolute Gasteiger partial charge is 0.511 e. The highest BCUT2D eigenvalue weighted by Crippen LogP contribution is 2.28. The van der Waals surface area contributed by atoms with Gasteiger partial charge in [0.25, 0.3) is 0 Å². The number of hydrogen-bond acceptors (Lipinski definition) is 4. The van der Waals surface area contributed by atoms with Gasteiger partial charge in [-0.1, -0.05) is 0 Å². The third kappa shape index (κ3) is 8.08. The van der Waals surface area contributed by atoms with Crippen LogP contribution in [-0.2, 0) is 10.0 Å². The van der Waals surface area contributed by atoms with Gasteiger partial charge in [0.05, 0.1) is 0 Å². The summed E-state index contributed by atoms with van der Waals surface area (Å²) >= 11 is 1.79. The molecule has 1 fully saturated rings. The third-order valence-electron chi connectivity index (χ3n) is 3.72. The zero-order valence-electron chi connectivity index (χ0n) is 14.3. The highest BCUT2D eigenvalue weighted by atomic mass is 127. The maximum absolute atomic E-state index is 12.5. The number of nitrogens with one attached hydrogen (secondary N) is 2. The van der Waals surface area contributed by atoms with Crippen molar-refractivity contribution in [3.05, 3.63) is 0 Å². The van der Waals surface area contributed by atoms with Crippen molar-refractivity contribution in [2.75, 3.05) is 38.7 Å². The van der Waals surface area contributed by atoms with Crippen molar-refractivity contribution in [3.63, 3.8) is 0 Å². The SMILES string of the molecule is CN=C(NCCCCSC)NC1CCN(S(=O)(=O)C(F)(F)F)CC1.I. The van der Waals surface area contributed by atoms with Crippen molar-refractivity contribution in [2.45, 2.75) is 37.2 Å². The number of alkyl halides is 3. The average Bonchev–Trinajstić information content (AvgIpc) is 2.53. The summed E-state index contributed by atoms with van der Waals surface area (Å²) < 4.78 is 60.8. The van der Waals surface area contributed by atoms with E-state index >= 15 is 0 Å². The van der Waals surface area contributed by atoms with Crippen molar-refractivity contribution in [1.82, 2.24) is 14.9 Å². The van der Waals surface area contributed by atoms with E-state index < -0.39 is 15.5 Å². The highest BCUT2D eigenvalue weighted by Gasteiger charge is 2.50. The Morgan fingerprint density at radius 2 is 1.88 bits per heavy atom. The van der Waals surface area contributed by atoms with Gasteiger partial charge < -0.3 is 10.6 Å². The minimum atomic E-state index is -5.23. The van der Waals surface area contributed by atoms with Crippen molar-refractivity contribution in [2.24, 2.45) is 4.99 Å². The van der Waals surface area contributed by atoms with Gasteiger partial charge in [-0.2, -0.15) is 29.2 Å². The van der Waals surface area contributed by atoms with E-state index in [0.29, 0.717) is 23.1 Å². The van der Waals surface area contributed by atoms with Gasteiger partial charge >= 0.3 is 15.5 Å². The predicted octanol–water partition coefficient (Wildman–Crippen LogP) is 2.23. The lowest BCUT2D eigenvalue weighted by molar-refractivity contribution is -0.0494. The van der Waals surface area contributed by atoms with E-state index in [9.17, 15) is 21.6 Å². The average molecular weight is 518 g/mol. The van der Waals surface area contributed by atoms with Gasteiger partial charge in [-0.3, -0.25) is 4.99 Å². The van der Waals surface area contributed by atoms with Gasteiger partial charge in [0, 0.05) is 32.7 Å². The number of halogens is 4. The van der Waals surface area contributed by atoms with E-state index in [1.807, 2.05) is 0 Å². The lowest BCUT2D eigenvalue weighted by atomic mass is 10.1. The monoisotopic (exact) mass is 518 g/mol. The number of guanidine groups is 1. The van der Waals surface area contributed by atoms with E-state index in [4.69, 9.17) is 0 Å². The molecule has 0 atom stereocenters. The summed E-state index contributed by atoms with van der Waals surface area (Å²) in [5, 5.41) is 6.30. The lowest BCUT2D eigenvalue weighted by Crippen LogP contribution is -2.51. The second-order valence-corrected chi connectivity index (χ2v) is 8.38. The van der Waals surface area contributed by atoms with E-state index in [0.717, 1.165) is 25.1 Å². The second-order valence-electron chi connectivity index (χ2n) is 5.47. The van der Waals surface area contributed by atoms with Gasteiger partial charge in [0.1, 0.15) is 0 Å². The van der Waals surface area contributed by atoms with Crippen LogP contribution >= 0.6 is 35.7 Å². The Labute approximate surface area is 168 Å². The van der Waals surface area contributed by atoms with Crippen LogP contribution in [0.15, 0.2) is 4.99 Å². The van der Waals surface area contributed by atoms with Crippen molar-refractivity contribution in [3.8, 4) is 0 Å². The van der Waals surface area contributed by atoms with Gasteiger partial charge in [-0.15, -0.1) is 24.0 Å². The Kier molecular flexibility index (Phi) is 11.7. The van der Waals surface area contributed by atoms with Crippen LogP contribution < -0.4 is 10.6 Å². The minimum Gasteiger partial charge on any atom is -0.356 e. The van der Waals surface area contributed by atoms with Gasteiger partial charge in [0.2, 0.25) is 0 Å². The number of sulfonamides is 1. The van der Waals surface area contributed by atoms with Crippen LogP contribution in [0.3, 0.4) is 0 Å². The van der Waals surface area contributed by atoms with Crippen LogP contribution in [0.1, 0.15) is 25.7 Å². The molecule has 6 nitrogen and oxygen atoms in total. The van der Waals surface area contributed by atoms with Crippen LogP contribution in [0.25, 0.3) is 0 Å². The summed E-state index contributed by atoms with van der Waals surface area (Å²) in [6, 6.07) is -0.0953.